The van der Waals surface area contributed by atoms with Gasteiger partial charge in [0.15, 0.2) is 0 Å². The van der Waals surface area contributed by atoms with Crippen LogP contribution >= 0.6 is 0 Å². The molecule has 2 amide bonds. The molecular weight excluding hydrogens is 318 g/mol. The van der Waals surface area contributed by atoms with E-state index in [1.807, 2.05) is 6.92 Å². The predicted molar refractivity (Wildman–Crippen MR) is 88.0 cm³/mol. The summed E-state index contributed by atoms with van der Waals surface area (Å²) in [4.78, 5) is 12.2. The molecule has 1 saturated heterocycles. The number of hydrogen-bond donors (Lipinski definition) is 3. The van der Waals surface area contributed by atoms with Gasteiger partial charge >= 0.3 is 6.03 Å². The molecule has 0 radical (unpaired) electrons. The molecule has 23 heavy (non-hydrogen) atoms. The van der Waals surface area contributed by atoms with Gasteiger partial charge in [-0.15, -0.1) is 0 Å². The van der Waals surface area contributed by atoms with E-state index in [1.54, 1.807) is 13.0 Å². The third-order valence-electron chi connectivity index (χ3n) is 3.92. The van der Waals surface area contributed by atoms with Crippen molar-refractivity contribution in [2.24, 2.45) is 0 Å². The molecule has 1 aliphatic rings. The maximum atomic E-state index is 12.1. The van der Waals surface area contributed by atoms with Crippen LogP contribution in [0.2, 0.25) is 0 Å². The van der Waals surface area contributed by atoms with Crippen LogP contribution in [0.5, 0.6) is 0 Å². The van der Waals surface area contributed by atoms with Crippen molar-refractivity contribution in [3.63, 3.8) is 0 Å². The van der Waals surface area contributed by atoms with E-state index < -0.39 is 10.0 Å². The van der Waals surface area contributed by atoms with Crippen molar-refractivity contribution in [2.75, 3.05) is 19.0 Å². The minimum atomic E-state index is -3.55. The molecule has 1 aromatic rings. The molecule has 0 aromatic heterocycles. The summed E-state index contributed by atoms with van der Waals surface area (Å²) < 4.78 is 31.5. The molecule has 0 aliphatic carbocycles. The lowest BCUT2D eigenvalue weighted by molar-refractivity contribution is 0.0868. The van der Waals surface area contributed by atoms with Crippen LogP contribution in [0.3, 0.4) is 0 Å². The second-order valence-corrected chi connectivity index (χ2v) is 7.51. The first-order valence-corrected chi connectivity index (χ1v) is 9.05. The average Bonchev–Trinajstić information content (AvgIpc) is 3.03. The zero-order valence-corrected chi connectivity index (χ0v) is 14.4. The number of amides is 2. The fraction of sp³-hybridized carbons (Fsp3) is 0.533. The summed E-state index contributed by atoms with van der Waals surface area (Å²) in [5.74, 6) is 0. The molecule has 1 fully saturated rings. The Hall–Kier alpha value is -1.64. The van der Waals surface area contributed by atoms with E-state index >= 15 is 0 Å². The lowest BCUT2D eigenvalue weighted by Crippen LogP contribution is -2.43. The van der Waals surface area contributed by atoms with Gasteiger partial charge in [0.1, 0.15) is 0 Å². The summed E-state index contributed by atoms with van der Waals surface area (Å²) in [5.41, 5.74) is 1.23. The summed E-state index contributed by atoms with van der Waals surface area (Å²) in [6.45, 7) is 4.42. The van der Waals surface area contributed by atoms with E-state index in [1.165, 1.54) is 19.2 Å². The van der Waals surface area contributed by atoms with Gasteiger partial charge in [-0.3, -0.25) is 0 Å². The van der Waals surface area contributed by atoms with Crippen molar-refractivity contribution < 1.29 is 17.9 Å². The van der Waals surface area contributed by atoms with Gasteiger partial charge in [0.25, 0.3) is 0 Å². The number of anilines is 1. The van der Waals surface area contributed by atoms with Crippen LogP contribution < -0.4 is 15.4 Å². The van der Waals surface area contributed by atoms with Gasteiger partial charge in [-0.25, -0.2) is 17.9 Å². The number of sulfonamides is 1. The highest BCUT2D eigenvalue weighted by atomic mass is 32.2. The van der Waals surface area contributed by atoms with Gasteiger partial charge in [0, 0.05) is 12.3 Å². The first-order chi connectivity index (χ1) is 10.8. The molecular formula is C15H23N3O4S. The molecule has 2 rings (SSSR count). The lowest BCUT2D eigenvalue weighted by atomic mass is 10.1. The summed E-state index contributed by atoms with van der Waals surface area (Å²) >= 11 is 0. The SMILES string of the molecule is CNS(=O)(=O)c1ccc(C)c(NC(=O)N[C@H](C)[C@@H]2CCCO2)c1. The van der Waals surface area contributed by atoms with Crippen molar-refractivity contribution in [1.29, 1.82) is 0 Å². The number of urea groups is 1. The average molecular weight is 341 g/mol. The number of aryl methyl sites for hydroxylation is 1. The Kier molecular flexibility index (Phi) is 5.61. The number of carbonyl (C=O) groups excluding carboxylic acids is 1. The molecule has 0 unspecified atom stereocenters. The number of carbonyl (C=O) groups is 1. The molecule has 1 aliphatic heterocycles. The Morgan fingerprint density at radius 3 is 2.74 bits per heavy atom. The fourth-order valence-electron chi connectivity index (χ4n) is 2.48. The number of ether oxygens (including phenoxy) is 1. The molecule has 0 bridgehead atoms. The smallest absolute Gasteiger partial charge is 0.319 e. The van der Waals surface area contributed by atoms with Crippen LogP contribution in [0.15, 0.2) is 23.1 Å². The van der Waals surface area contributed by atoms with Crippen LogP contribution in [-0.2, 0) is 14.8 Å². The van der Waals surface area contributed by atoms with E-state index in [2.05, 4.69) is 15.4 Å². The van der Waals surface area contributed by atoms with Crippen LogP contribution in [0.25, 0.3) is 0 Å². The minimum Gasteiger partial charge on any atom is -0.376 e. The van der Waals surface area contributed by atoms with E-state index in [9.17, 15) is 13.2 Å². The van der Waals surface area contributed by atoms with E-state index in [4.69, 9.17) is 4.74 Å². The second-order valence-electron chi connectivity index (χ2n) is 5.62. The molecule has 128 valence electrons. The molecule has 1 aromatic carbocycles. The normalized spacial score (nSPS) is 19.3. The van der Waals surface area contributed by atoms with Gasteiger partial charge in [-0.2, -0.15) is 0 Å². The standard InChI is InChI=1S/C15H23N3O4S/c1-10-6-7-12(23(20,21)16-3)9-13(10)18-15(19)17-11(2)14-5-4-8-22-14/h6-7,9,11,14,16H,4-5,8H2,1-3H3,(H2,17,18,19)/t11-,14+/m1/s1. The Balaban J connectivity index is 2.06. The summed E-state index contributed by atoms with van der Waals surface area (Å²) in [6, 6.07) is 4.11. The quantitative estimate of drug-likeness (QED) is 0.758. The number of nitrogens with one attached hydrogen (secondary N) is 3. The van der Waals surface area contributed by atoms with Crippen molar-refractivity contribution in [2.45, 2.75) is 43.7 Å². The molecule has 3 N–H and O–H groups in total. The highest BCUT2D eigenvalue weighted by Gasteiger charge is 2.24. The monoisotopic (exact) mass is 341 g/mol. The molecule has 0 saturated carbocycles. The van der Waals surface area contributed by atoms with Crippen molar-refractivity contribution in [3.05, 3.63) is 23.8 Å². The molecule has 0 spiro atoms. The van der Waals surface area contributed by atoms with Crippen LogP contribution in [0.1, 0.15) is 25.3 Å². The Bertz CT molecular complexity index is 669. The van der Waals surface area contributed by atoms with E-state index in [0.29, 0.717) is 5.69 Å². The molecule has 1 heterocycles. The predicted octanol–water partition coefficient (Wildman–Crippen LogP) is 1.59. The van der Waals surface area contributed by atoms with Crippen molar-refractivity contribution >= 4 is 21.7 Å². The summed E-state index contributed by atoms with van der Waals surface area (Å²) in [6.07, 6.45) is 1.95. The Labute approximate surface area is 136 Å². The third kappa shape index (κ3) is 4.43. The lowest BCUT2D eigenvalue weighted by Gasteiger charge is -2.20. The molecule has 2 atom stereocenters. The first kappa shape index (κ1) is 17.7. The fourth-order valence-corrected chi connectivity index (χ4v) is 3.23. The number of rotatable bonds is 5. The van der Waals surface area contributed by atoms with Gasteiger partial charge < -0.3 is 15.4 Å². The van der Waals surface area contributed by atoms with Crippen LogP contribution in [0, 0.1) is 6.92 Å². The highest BCUT2D eigenvalue weighted by molar-refractivity contribution is 7.89. The molecule has 8 heteroatoms. The third-order valence-corrected chi connectivity index (χ3v) is 5.33. The van der Waals surface area contributed by atoms with Gasteiger partial charge in [0.2, 0.25) is 10.0 Å². The van der Waals surface area contributed by atoms with E-state index in [0.717, 1.165) is 25.0 Å². The highest BCUT2D eigenvalue weighted by Crippen LogP contribution is 2.20. The zero-order chi connectivity index (χ0) is 17.0. The maximum Gasteiger partial charge on any atom is 0.319 e. The zero-order valence-electron chi connectivity index (χ0n) is 13.5. The Morgan fingerprint density at radius 2 is 2.13 bits per heavy atom. The van der Waals surface area contributed by atoms with Crippen LogP contribution in [0.4, 0.5) is 10.5 Å². The van der Waals surface area contributed by atoms with Gasteiger partial charge in [0.05, 0.1) is 17.0 Å². The minimum absolute atomic E-state index is 0.0258. The largest absolute Gasteiger partial charge is 0.376 e. The Morgan fingerprint density at radius 1 is 1.39 bits per heavy atom. The molecule has 7 nitrogen and oxygen atoms in total. The summed E-state index contributed by atoms with van der Waals surface area (Å²) in [7, 11) is -2.21. The topological polar surface area (TPSA) is 96.5 Å². The first-order valence-electron chi connectivity index (χ1n) is 7.57. The van der Waals surface area contributed by atoms with Crippen molar-refractivity contribution in [1.82, 2.24) is 10.0 Å². The number of benzene rings is 1. The second kappa shape index (κ2) is 7.29. The maximum absolute atomic E-state index is 12.1. The number of hydrogen-bond acceptors (Lipinski definition) is 4. The van der Waals surface area contributed by atoms with Crippen molar-refractivity contribution in [3.8, 4) is 0 Å². The summed E-state index contributed by atoms with van der Waals surface area (Å²) in [5, 5.41) is 5.53. The van der Waals surface area contributed by atoms with Gasteiger partial charge in [-0.05, 0) is 51.4 Å². The van der Waals surface area contributed by atoms with E-state index in [-0.39, 0.29) is 23.1 Å². The van der Waals surface area contributed by atoms with Crippen LogP contribution in [-0.4, -0.2) is 40.2 Å². The van der Waals surface area contributed by atoms with Gasteiger partial charge in [-0.1, -0.05) is 6.07 Å².